The molecule has 228 valence electrons. The van der Waals surface area contributed by atoms with Gasteiger partial charge in [-0.05, 0) is 43.7 Å². The van der Waals surface area contributed by atoms with Gasteiger partial charge in [0.2, 0.25) is 11.8 Å². The van der Waals surface area contributed by atoms with Crippen LogP contribution < -0.4 is 15.4 Å². The minimum Gasteiger partial charge on any atom is -0.497 e. The molecule has 2 aromatic heterocycles. The molecule has 0 aliphatic carbocycles. The SMILES string of the molecule is COc1ccc(C(NC(=O)CSc2cc(C)nc(-c3ccccc3)n2)NC(=O)CSc2cc(C)nc(-c3ccccc3)n2)cc1. The number of carbonyl (C=O) groups excluding carboxylic acids is 2. The van der Waals surface area contributed by atoms with Gasteiger partial charge in [-0.25, -0.2) is 19.9 Å². The van der Waals surface area contributed by atoms with Gasteiger partial charge in [0.25, 0.3) is 0 Å². The standard InChI is InChI=1S/C34H32N6O3S2/c1-22-18-30(39-32(35-22)24-10-6-4-7-11-24)44-20-28(41)37-34(26-14-16-27(43-3)17-15-26)38-29(42)21-45-31-19-23(2)36-33(40-31)25-12-8-5-9-13-25/h4-19,34H,20-21H2,1-3H3,(H,37,41)(H,38,42). The molecule has 0 fully saturated rings. The van der Waals surface area contributed by atoms with Gasteiger partial charge in [0.1, 0.15) is 22.0 Å². The molecule has 0 atom stereocenters. The van der Waals surface area contributed by atoms with Crippen molar-refractivity contribution in [3.8, 4) is 28.5 Å². The minimum absolute atomic E-state index is 0.102. The second kappa shape index (κ2) is 15.3. The largest absolute Gasteiger partial charge is 0.497 e. The molecule has 45 heavy (non-hydrogen) atoms. The molecule has 0 unspecified atom stereocenters. The zero-order valence-electron chi connectivity index (χ0n) is 25.1. The van der Waals surface area contributed by atoms with Crippen LogP contribution in [0.15, 0.2) is 107 Å². The van der Waals surface area contributed by atoms with Crippen molar-refractivity contribution < 1.29 is 14.3 Å². The Morgan fingerprint density at radius 1 is 0.667 bits per heavy atom. The number of methoxy groups -OCH3 is 1. The van der Waals surface area contributed by atoms with E-state index in [1.165, 1.54) is 23.5 Å². The van der Waals surface area contributed by atoms with Gasteiger partial charge in [0.05, 0.1) is 18.6 Å². The van der Waals surface area contributed by atoms with E-state index in [-0.39, 0.29) is 23.3 Å². The van der Waals surface area contributed by atoms with Crippen LogP contribution in [-0.4, -0.2) is 50.4 Å². The number of benzene rings is 3. The number of aromatic nitrogens is 4. The van der Waals surface area contributed by atoms with Crippen LogP contribution in [0.4, 0.5) is 0 Å². The van der Waals surface area contributed by atoms with Crippen molar-refractivity contribution in [1.82, 2.24) is 30.6 Å². The van der Waals surface area contributed by atoms with Gasteiger partial charge in [0, 0.05) is 22.5 Å². The number of nitrogens with one attached hydrogen (secondary N) is 2. The van der Waals surface area contributed by atoms with Crippen molar-refractivity contribution in [3.63, 3.8) is 0 Å². The summed E-state index contributed by atoms with van der Waals surface area (Å²) in [6.45, 7) is 3.80. The van der Waals surface area contributed by atoms with E-state index in [2.05, 4.69) is 30.6 Å². The summed E-state index contributed by atoms with van der Waals surface area (Å²) >= 11 is 2.62. The Labute approximate surface area is 270 Å². The molecule has 0 spiro atoms. The Morgan fingerprint density at radius 3 is 1.53 bits per heavy atom. The van der Waals surface area contributed by atoms with Crippen LogP contribution in [0, 0.1) is 13.8 Å². The lowest BCUT2D eigenvalue weighted by atomic mass is 10.1. The van der Waals surface area contributed by atoms with Crippen molar-refractivity contribution >= 4 is 35.3 Å². The van der Waals surface area contributed by atoms with E-state index in [0.717, 1.165) is 22.5 Å². The number of nitrogens with zero attached hydrogens (tertiary/aromatic N) is 4. The van der Waals surface area contributed by atoms with Crippen LogP contribution >= 0.6 is 23.5 Å². The predicted octanol–water partition coefficient (Wildman–Crippen LogP) is 6.04. The third-order valence-corrected chi connectivity index (χ3v) is 8.31. The number of ether oxygens (including phenoxy) is 1. The maximum atomic E-state index is 13.2. The quantitative estimate of drug-likeness (QED) is 0.0960. The first-order chi connectivity index (χ1) is 21.9. The highest BCUT2D eigenvalue weighted by atomic mass is 32.2. The molecule has 3 aromatic carbocycles. The van der Waals surface area contributed by atoms with E-state index in [1.54, 1.807) is 19.2 Å². The van der Waals surface area contributed by atoms with E-state index >= 15 is 0 Å². The van der Waals surface area contributed by atoms with Crippen LogP contribution in [-0.2, 0) is 9.59 Å². The minimum atomic E-state index is -0.754. The molecule has 0 bridgehead atoms. The van der Waals surface area contributed by atoms with Crippen molar-refractivity contribution in [1.29, 1.82) is 0 Å². The smallest absolute Gasteiger partial charge is 0.232 e. The van der Waals surface area contributed by atoms with E-state index in [4.69, 9.17) is 4.74 Å². The highest BCUT2D eigenvalue weighted by Gasteiger charge is 2.19. The number of thioether (sulfide) groups is 2. The average Bonchev–Trinajstić information content (AvgIpc) is 3.06. The van der Waals surface area contributed by atoms with E-state index in [1.807, 2.05) is 98.8 Å². The van der Waals surface area contributed by atoms with Crippen LogP contribution in [0.5, 0.6) is 5.75 Å². The zero-order chi connectivity index (χ0) is 31.6. The lowest BCUT2D eigenvalue weighted by molar-refractivity contribution is -0.121. The van der Waals surface area contributed by atoms with Gasteiger partial charge >= 0.3 is 0 Å². The maximum absolute atomic E-state index is 13.2. The van der Waals surface area contributed by atoms with Gasteiger partial charge in [-0.15, -0.1) is 0 Å². The number of aryl methyl sites for hydroxylation is 2. The number of rotatable bonds is 12. The number of hydrogen-bond acceptors (Lipinski definition) is 9. The first kappa shape index (κ1) is 31.7. The van der Waals surface area contributed by atoms with E-state index < -0.39 is 6.17 Å². The summed E-state index contributed by atoms with van der Waals surface area (Å²) in [7, 11) is 1.58. The Morgan fingerprint density at radius 2 is 1.11 bits per heavy atom. The molecule has 0 saturated heterocycles. The molecule has 0 aliphatic rings. The molecule has 0 aliphatic heterocycles. The molecular weight excluding hydrogens is 605 g/mol. The average molecular weight is 637 g/mol. The Bertz CT molecular complexity index is 1650. The molecule has 9 nitrogen and oxygen atoms in total. The summed E-state index contributed by atoms with van der Waals surface area (Å²) in [5.41, 5.74) is 4.13. The third kappa shape index (κ3) is 9.13. The molecule has 11 heteroatoms. The van der Waals surface area contributed by atoms with Gasteiger partial charge in [-0.2, -0.15) is 0 Å². The van der Waals surface area contributed by atoms with Crippen LogP contribution in [0.1, 0.15) is 23.1 Å². The maximum Gasteiger partial charge on any atom is 0.232 e. The fraction of sp³-hybridized carbons (Fsp3) is 0.176. The molecule has 2 heterocycles. The highest BCUT2D eigenvalue weighted by molar-refractivity contribution is 8.00. The zero-order valence-corrected chi connectivity index (χ0v) is 26.7. The molecule has 2 amide bonds. The molecule has 5 rings (SSSR count). The highest BCUT2D eigenvalue weighted by Crippen LogP contribution is 2.24. The van der Waals surface area contributed by atoms with E-state index in [9.17, 15) is 9.59 Å². The monoisotopic (exact) mass is 636 g/mol. The fourth-order valence-corrected chi connectivity index (χ4v) is 5.88. The number of amides is 2. The first-order valence-electron chi connectivity index (χ1n) is 14.2. The number of carbonyl (C=O) groups is 2. The van der Waals surface area contributed by atoms with Crippen LogP contribution in [0.25, 0.3) is 22.8 Å². The molecule has 0 saturated carbocycles. The lowest BCUT2D eigenvalue weighted by Crippen LogP contribution is -2.42. The fourth-order valence-electron chi connectivity index (χ4n) is 4.34. The van der Waals surface area contributed by atoms with Gasteiger partial charge in [0.15, 0.2) is 11.6 Å². The predicted molar refractivity (Wildman–Crippen MR) is 178 cm³/mol. The molecule has 5 aromatic rings. The topological polar surface area (TPSA) is 119 Å². The van der Waals surface area contributed by atoms with E-state index in [0.29, 0.717) is 33.0 Å². The Kier molecular flexibility index (Phi) is 10.8. The summed E-state index contributed by atoms with van der Waals surface area (Å²) in [6, 6.07) is 30.3. The van der Waals surface area contributed by atoms with Crippen molar-refractivity contribution in [2.75, 3.05) is 18.6 Å². The summed E-state index contributed by atoms with van der Waals surface area (Å²) in [6.07, 6.45) is -0.754. The summed E-state index contributed by atoms with van der Waals surface area (Å²) in [5, 5.41) is 7.30. The normalized spacial score (nSPS) is 10.8. The first-order valence-corrected chi connectivity index (χ1v) is 16.1. The molecule has 0 radical (unpaired) electrons. The van der Waals surface area contributed by atoms with Crippen LogP contribution in [0.3, 0.4) is 0 Å². The van der Waals surface area contributed by atoms with Crippen LogP contribution in [0.2, 0.25) is 0 Å². The van der Waals surface area contributed by atoms with Gasteiger partial charge < -0.3 is 15.4 Å². The lowest BCUT2D eigenvalue weighted by Gasteiger charge is -2.21. The van der Waals surface area contributed by atoms with Gasteiger partial charge in [-0.1, -0.05) is 96.3 Å². The molecule has 2 N–H and O–H groups in total. The van der Waals surface area contributed by atoms with Gasteiger partial charge in [-0.3, -0.25) is 9.59 Å². The second-order valence-electron chi connectivity index (χ2n) is 9.99. The van der Waals surface area contributed by atoms with Crippen molar-refractivity contribution in [2.45, 2.75) is 30.1 Å². The Balaban J connectivity index is 1.24. The summed E-state index contributed by atoms with van der Waals surface area (Å²) in [5.74, 6) is 1.57. The Hall–Kier alpha value is -4.74. The summed E-state index contributed by atoms with van der Waals surface area (Å²) in [4.78, 5) is 44.7. The molecular formula is C34H32N6O3S2. The third-order valence-electron chi connectivity index (χ3n) is 6.49. The van der Waals surface area contributed by atoms with Crippen molar-refractivity contribution in [2.24, 2.45) is 0 Å². The second-order valence-corrected chi connectivity index (χ2v) is 12.0. The van der Waals surface area contributed by atoms with Crippen molar-refractivity contribution in [3.05, 3.63) is 114 Å². The number of hydrogen-bond donors (Lipinski definition) is 2. The summed E-state index contributed by atoms with van der Waals surface area (Å²) < 4.78 is 5.28.